The number of ketones is 1. The third-order valence-electron chi connectivity index (χ3n) is 2.55. The van der Waals surface area contributed by atoms with Crippen molar-refractivity contribution in [2.75, 3.05) is 4.72 Å². The first-order valence-corrected chi connectivity index (χ1v) is 7.91. The number of aromatic nitrogens is 1. The quantitative estimate of drug-likeness (QED) is 0.676. The number of carbonyl (C=O) groups is 1. The van der Waals surface area contributed by atoms with E-state index >= 15 is 0 Å². The van der Waals surface area contributed by atoms with E-state index in [4.69, 9.17) is 0 Å². The van der Waals surface area contributed by atoms with E-state index in [0.717, 1.165) is 0 Å². The molecule has 1 heterocycles. The molecule has 0 aliphatic rings. The fourth-order valence-corrected chi connectivity index (χ4v) is 2.80. The van der Waals surface area contributed by atoms with Crippen LogP contribution in [0.15, 0.2) is 52.1 Å². The third-order valence-corrected chi connectivity index (χ3v) is 4.42. The lowest BCUT2D eigenvalue weighted by Gasteiger charge is -2.08. The predicted molar refractivity (Wildman–Crippen MR) is 79.2 cm³/mol. The van der Waals surface area contributed by atoms with Crippen molar-refractivity contribution < 1.29 is 13.2 Å². The fourth-order valence-electron chi connectivity index (χ4n) is 1.52. The Morgan fingerprint density at radius 3 is 2.30 bits per heavy atom. The molecule has 2 aromatic rings. The highest BCUT2D eigenvalue weighted by molar-refractivity contribution is 9.10. The van der Waals surface area contributed by atoms with Gasteiger partial charge in [-0.15, -0.1) is 0 Å². The molecule has 5 nitrogen and oxygen atoms in total. The van der Waals surface area contributed by atoms with Gasteiger partial charge in [0.05, 0.1) is 16.8 Å². The summed E-state index contributed by atoms with van der Waals surface area (Å²) in [6.45, 7) is 1.43. The van der Waals surface area contributed by atoms with E-state index in [1.807, 2.05) is 0 Å². The number of sulfonamides is 1. The van der Waals surface area contributed by atoms with Gasteiger partial charge in [0.15, 0.2) is 5.78 Å². The van der Waals surface area contributed by atoms with Crippen LogP contribution >= 0.6 is 15.9 Å². The lowest BCUT2D eigenvalue weighted by atomic mass is 10.2. The molecular formula is C13H11BrN2O3S. The van der Waals surface area contributed by atoms with Crippen LogP contribution in [-0.4, -0.2) is 19.2 Å². The molecule has 0 aliphatic heterocycles. The molecule has 0 saturated heterocycles. The van der Waals surface area contributed by atoms with Crippen LogP contribution in [0.25, 0.3) is 0 Å². The third kappa shape index (κ3) is 3.43. The Kier molecular flexibility index (Phi) is 4.20. The molecule has 0 unspecified atom stereocenters. The number of pyridine rings is 1. The van der Waals surface area contributed by atoms with Crippen molar-refractivity contribution in [3.63, 3.8) is 0 Å². The lowest BCUT2D eigenvalue weighted by molar-refractivity contribution is 0.101. The van der Waals surface area contributed by atoms with Crippen molar-refractivity contribution in [1.29, 1.82) is 0 Å². The number of rotatable bonds is 4. The van der Waals surface area contributed by atoms with Crippen molar-refractivity contribution in [2.24, 2.45) is 0 Å². The van der Waals surface area contributed by atoms with E-state index in [0.29, 0.717) is 15.9 Å². The van der Waals surface area contributed by atoms with Gasteiger partial charge in [-0.2, -0.15) is 0 Å². The Morgan fingerprint density at radius 2 is 1.80 bits per heavy atom. The summed E-state index contributed by atoms with van der Waals surface area (Å²) in [5.41, 5.74) is 0.832. The smallest absolute Gasteiger partial charge is 0.261 e. The van der Waals surface area contributed by atoms with Crippen molar-refractivity contribution in [2.45, 2.75) is 11.8 Å². The summed E-state index contributed by atoms with van der Waals surface area (Å²) in [6.07, 6.45) is 1.41. The highest BCUT2D eigenvalue weighted by atomic mass is 79.9. The monoisotopic (exact) mass is 354 g/mol. The van der Waals surface area contributed by atoms with Crippen LogP contribution in [0, 0.1) is 0 Å². The molecule has 2 rings (SSSR count). The Hall–Kier alpha value is -1.73. The van der Waals surface area contributed by atoms with E-state index in [-0.39, 0.29) is 10.7 Å². The zero-order valence-electron chi connectivity index (χ0n) is 10.5. The summed E-state index contributed by atoms with van der Waals surface area (Å²) in [4.78, 5) is 15.2. The maximum absolute atomic E-state index is 12.1. The Balaban J connectivity index is 2.26. The van der Waals surface area contributed by atoms with Crippen LogP contribution in [-0.2, 0) is 10.0 Å². The van der Waals surface area contributed by atoms with Gasteiger partial charge in [0.2, 0.25) is 0 Å². The van der Waals surface area contributed by atoms with Gasteiger partial charge in [-0.05, 0) is 47.1 Å². The van der Waals surface area contributed by atoms with E-state index < -0.39 is 10.0 Å². The number of nitrogens with zero attached hydrogens (tertiary/aromatic N) is 1. The van der Waals surface area contributed by atoms with E-state index in [1.54, 1.807) is 12.1 Å². The first-order chi connectivity index (χ1) is 9.38. The summed E-state index contributed by atoms with van der Waals surface area (Å²) in [5, 5.41) is 0. The highest BCUT2D eigenvalue weighted by Crippen LogP contribution is 2.17. The topological polar surface area (TPSA) is 76.1 Å². The normalized spacial score (nSPS) is 11.1. The standard InChI is InChI=1S/C13H11BrN2O3S/c1-9(17)10-2-5-12(6-3-10)20(18,19)16-11-4-7-13(14)15-8-11/h2-8,16H,1H3. The predicted octanol–water partition coefficient (Wildman–Crippen LogP) is 2.85. The first kappa shape index (κ1) is 14.7. The van der Waals surface area contributed by atoms with Gasteiger partial charge in [-0.1, -0.05) is 12.1 Å². The molecule has 1 aromatic carbocycles. The zero-order chi connectivity index (χ0) is 14.8. The van der Waals surface area contributed by atoms with Crippen molar-refractivity contribution in [1.82, 2.24) is 4.98 Å². The van der Waals surface area contributed by atoms with Crippen molar-refractivity contribution in [3.05, 3.63) is 52.8 Å². The van der Waals surface area contributed by atoms with Crippen LogP contribution in [0.5, 0.6) is 0 Å². The summed E-state index contributed by atoms with van der Waals surface area (Å²) < 4.78 is 27.3. The number of nitrogens with one attached hydrogen (secondary N) is 1. The van der Waals surface area contributed by atoms with Crippen LogP contribution in [0.4, 0.5) is 5.69 Å². The van der Waals surface area contributed by atoms with Crippen LogP contribution in [0.1, 0.15) is 17.3 Å². The van der Waals surface area contributed by atoms with Gasteiger partial charge in [-0.25, -0.2) is 13.4 Å². The number of halogens is 1. The SMILES string of the molecule is CC(=O)c1ccc(S(=O)(=O)Nc2ccc(Br)nc2)cc1. The Morgan fingerprint density at radius 1 is 1.15 bits per heavy atom. The molecular weight excluding hydrogens is 344 g/mol. The van der Waals surface area contributed by atoms with Gasteiger partial charge in [-0.3, -0.25) is 9.52 Å². The zero-order valence-corrected chi connectivity index (χ0v) is 12.9. The van der Waals surface area contributed by atoms with Gasteiger partial charge in [0, 0.05) is 5.56 Å². The molecule has 1 N–H and O–H groups in total. The van der Waals surface area contributed by atoms with Crippen molar-refractivity contribution in [3.8, 4) is 0 Å². The molecule has 1 aromatic heterocycles. The molecule has 0 bridgehead atoms. The molecule has 0 amide bonds. The summed E-state index contributed by atoms with van der Waals surface area (Å²) >= 11 is 3.17. The Bertz CT molecular complexity index is 725. The summed E-state index contributed by atoms with van der Waals surface area (Å²) in [5.74, 6) is -0.112. The molecule has 0 saturated carbocycles. The minimum absolute atomic E-state index is 0.0884. The minimum Gasteiger partial charge on any atom is -0.295 e. The number of carbonyl (C=O) groups excluding carboxylic acids is 1. The Labute approximate surface area is 125 Å². The number of hydrogen-bond donors (Lipinski definition) is 1. The maximum atomic E-state index is 12.1. The lowest BCUT2D eigenvalue weighted by Crippen LogP contribution is -2.13. The molecule has 0 radical (unpaired) electrons. The number of anilines is 1. The second-order valence-electron chi connectivity index (χ2n) is 4.06. The molecule has 0 spiro atoms. The van der Waals surface area contributed by atoms with Crippen molar-refractivity contribution >= 4 is 37.4 Å². The number of Topliss-reactive ketones (excluding diaryl/α,β-unsaturated/α-hetero) is 1. The fraction of sp³-hybridized carbons (Fsp3) is 0.0769. The average Bonchev–Trinajstić information content (AvgIpc) is 2.41. The van der Waals surface area contributed by atoms with Gasteiger partial charge >= 0.3 is 0 Å². The minimum atomic E-state index is -3.69. The molecule has 20 heavy (non-hydrogen) atoms. The molecule has 0 atom stereocenters. The average molecular weight is 355 g/mol. The molecule has 0 fully saturated rings. The van der Waals surface area contributed by atoms with Gasteiger partial charge < -0.3 is 0 Å². The number of benzene rings is 1. The molecule has 0 aliphatic carbocycles. The first-order valence-electron chi connectivity index (χ1n) is 5.64. The summed E-state index contributed by atoms with van der Waals surface area (Å²) in [7, 11) is -3.69. The maximum Gasteiger partial charge on any atom is 0.261 e. The highest BCUT2D eigenvalue weighted by Gasteiger charge is 2.14. The summed E-state index contributed by atoms with van der Waals surface area (Å²) in [6, 6.07) is 8.99. The van der Waals surface area contributed by atoms with E-state index in [1.165, 1.54) is 37.4 Å². The van der Waals surface area contributed by atoms with E-state index in [2.05, 4.69) is 25.6 Å². The van der Waals surface area contributed by atoms with Crippen LogP contribution in [0.3, 0.4) is 0 Å². The van der Waals surface area contributed by atoms with Gasteiger partial charge in [0.1, 0.15) is 4.60 Å². The molecule has 7 heteroatoms. The van der Waals surface area contributed by atoms with Gasteiger partial charge in [0.25, 0.3) is 10.0 Å². The molecule has 104 valence electrons. The second kappa shape index (κ2) is 5.72. The largest absolute Gasteiger partial charge is 0.295 e. The van der Waals surface area contributed by atoms with E-state index in [9.17, 15) is 13.2 Å². The van der Waals surface area contributed by atoms with Crippen LogP contribution < -0.4 is 4.72 Å². The second-order valence-corrected chi connectivity index (χ2v) is 6.55. The number of hydrogen-bond acceptors (Lipinski definition) is 4. The van der Waals surface area contributed by atoms with Crippen LogP contribution in [0.2, 0.25) is 0 Å².